The maximum absolute atomic E-state index is 13.3. The molecule has 1 atom stereocenters. The van der Waals surface area contributed by atoms with Gasteiger partial charge in [-0.15, -0.1) is 0 Å². The Morgan fingerprint density at radius 3 is 3.00 bits per heavy atom. The number of pyridine rings is 1. The van der Waals surface area contributed by atoms with E-state index in [1.165, 1.54) is 18.3 Å². The maximum atomic E-state index is 13.3. The van der Waals surface area contributed by atoms with Crippen LogP contribution in [0.4, 0.5) is 4.39 Å². The molecule has 76 valence electrons. The number of nitrogens with zero attached hydrogens (tertiary/aromatic N) is 1. The van der Waals surface area contributed by atoms with Gasteiger partial charge < -0.3 is 15.8 Å². The predicted molar refractivity (Wildman–Crippen MR) is 49.0 cm³/mol. The molecule has 0 amide bonds. The Bertz CT molecular complexity index is 306. The van der Waals surface area contributed by atoms with Gasteiger partial charge in [-0.2, -0.15) is 9.12 Å². The fourth-order valence-corrected chi connectivity index (χ4v) is 1.64. The summed E-state index contributed by atoms with van der Waals surface area (Å²) in [5.41, 5.74) is 0.166. The molecule has 1 aromatic heterocycles. The quantitative estimate of drug-likeness (QED) is 0.480. The van der Waals surface area contributed by atoms with Gasteiger partial charge in [0.25, 0.3) is 0 Å². The monoisotopic (exact) mass is 197 g/mol. The average molecular weight is 197 g/mol. The number of rotatable bonds is 1. The van der Waals surface area contributed by atoms with Crippen LogP contribution in [0, 0.1) is 11.0 Å². The molecular weight excluding hydrogens is 185 g/mol. The molecule has 0 radical (unpaired) electrons. The molecule has 14 heavy (non-hydrogen) atoms. The van der Waals surface area contributed by atoms with Crippen LogP contribution in [0.5, 0.6) is 0 Å². The fraction of sp³-hybridized carbons (Fsp3) is 0.444. The van der Waals surface area contributed by atoms with Crippen LogP contribution in [0.3, 0.4) is 0 Å². The summed E-state index contributed by atoms with van der Waals surface area (Å²) >= 11 is 0. The lowest BCUT2D eigenvalue weighted by Crippen LogP contribution is -2.48. The van der Waals surface area contributed by atoms with Gasteiger partial charge in [-0.25, -0.2) is 0 Å². The molecule has 1 fully saturated rings. The van der Waals surface area contributed by atoms with E-state index in [0.717, 1.165) is 13.1 Å². The minimum absolute atomic E-state index is 0.166. The van der Waals surface area contributed by atoms with Gasteiger partial charge in [0, 0.05) is 25.7 Å². The molecule has 0 aromatic carbocycles. The van der Waals surface area contributed by atoms with Gasteiger partial charge in [0.15, 0.2) is 12.0 Å². The molecule has 1 saturated heterocycles. The second-order valence-electron chi connectivity index (χ2n) is 3.28. The lowest BCUT2D eigenvalue weighted by atomic mass is 10.1. The summed E-state index contributed by atoms with van der Waals surface area (Å²) in [6, 6.07) is 2.48. The van der Waals surface area contributed by atoms with Crippen LogP contribution in [0.15, 0.2) is 18.3 Å². The lowest BCUT2D eigenvalue weighted by Gasteiger charge is -2.23. The number of nitrogens with one attached hydrogen (secondary N) is 2. The molecule has 0 aliphatic carbocycles. The number of hydrogen-bond donors (Lipinski definition) is 2. The number of aromatic nitrogens is 1. The molecule has 0 bridgehead atoms. The van der Waals surface area contributed by atoms with Crippen molar-refractivity contribution in [2.45, 2.75) is 6.04 Å². The highest BCUT2D eigenvalue weighted by Crippen LogP contribution is 2.12. The van der Waals surface area contributed by atoms with Crippen LogP contribution in [0.2, 0.25) is 0 Å². The van der Waals surface area contributed by atoms with E-state index in [0.29, 0.717) is 11.3 Å². The fourth-order valence-electron chi connectivity index (χ4n) is 1.64. The van der Waals surface area contributed by atoms with Crippen LogP contribution < -0.4 is 15.4 Å². The Balaban J connectivity index is 2.29. The molecule has 1 aliphatic rings. The summed E-state index contributed by atoms with van der Waals surface area (Å²) in [5, 5.41) is 17.5. The van der Waals surface area contributed by atoms with Crippen molar-refractivity contribution in [1.82, 2.24) is 10.6 Å². The van der Waals surface area contributed by atoms with E-state index in [2.05, 4.69) is 10.6 Å². The minimum atomic E-state index is -0.455. The second kappa shape index (κ2) is 3.89. The van der Waals surface area contributed by atoms with Crippen molar-refractivity contribution in [2.24, 2.45) is 0 Å². The Morgan fingerprint density at radius 1 is 1.50 bits per heavy atom. The van der Waals surface area contributed by atoms with Gasteiger partial charge in [-0.1, -0.05) is 0 Å². The van der Waals surface area contributed by atoms with Crippen molar-refractivity contribution in [3.05, 3.63) is 35.0 Å². The van der Waals surface area contributed by atoms with E-state index in [4.69, 9.17) is 0 Å². The van der Waals surface area contributed by atoms with Gasteiger partial charge in [-0.3, -0.25) is 0 Å². The molecule has 1 aromatic rings. The average Bonchev–Trinajstić information content (AvgIpc) is 2.19. The Kier molecular flexibility index (Phi) is 2.60. The van der Waals surface area contributed by atoms with Crippen molar-refractivity contribution in [3.8, 4) is 0 Å². The van der Waals surface area contributed by atoms with Crippen molar-refractivity contribution in [1.29, 1.82) is 0 Å². The van der Waals surface area contributed by atoms with Crippen LogP contribution in [-0.2, 0) is 0 Å². The first-order chi connectivity index (χ1) is 6.79. The van der Waals surface area contributed by atoms with Crippen molar-refractivity contribution < 1.29 is 9.12 Å². The normalized spacial score (nSPS) is 22.2. The van der Waals surface area contributed by atoms with Gasteiger partial charge in [0.2, 0.25) is 5.69 Å². The van der Waals surface area contributed by atoms with Crippen LogP contribution in [-0.4, -0.2) is 19.6 Å². The van der Waals surface area contributed by atoms with Gasteiger partial charge in [0.1, 0.15) is 6.04 Å². The van der Waals surface area contributed by atoms with Crippen LogP contribution >= 0.6 is 0 Å². The van der Waals surface area contributed by atoms with Crippen molar-refractivity contribution >= 4 is 0 Å². The summed E-state index contributed by atoms with van der Waals surface area (Å²) in [5.74, 6) is -0.455. The highest BCUT2D eigenvalue weighted by molar-refractivity contribution is 5.08. The summed E-state index contributed by atoms with van der Waals surface area (Å²) in [7, 11) is 0. The number of hydrogen-bond acceptors (Lipinski definition) is 3. The topological polar surface area (TPSA) is 51.0 Å². The summed E-state index contributed by atoms with van der Waals surface area (Å²) in [6.07, 6.45) is 1.31. The predicted octanol–water partition coefficient (Wildman–Crippen LogP) is -0.307. The van der Waals surface area contributed by atoms with Crippen molar-refractivity contribution in [3.63, 3.8) is 0 Å². The molecule has 4 nitrogen and oxygen atoms in total. The van der Waals surface area contributed by atoms with Gasteiger partial charge in [-0.05, 0) is 6.07 Å². The molecule has 0 saturated carbocycles. The van der Waals surface area contributed by atoms with Crippen LogP contribution in [0.25, 0.3) is 0 Å². The molecule has 5 heteroatoms. The van der Waals surface area contributed by atoms with E-state index in [-0.39, 0.29) is 11.7 Å². The molecular formula is C9H12FN3O. The highest BCUT2D eigenvalue weighted by Gasteiger charge is 2.25. The largest absolute Gasteiger partial charge is 0.618 e. The van der Waals surface area contributed by atoms with E-state index < -0.39 is 5.82 Å². The van der Waals surface area contributed by atoms with Gasteiger partial charge in [0.05, 0.1) is 0 Å². The lowest BCUT2D eigenvalue weighted by molar-refractivity contribution is -0.618. The zero-order chi connectivity index (χ0) is 9.97. The Morgan fingerprint density at radius 2 is 2.36 bits per heavy atom. The van der Waals surface area contributed by atoms with Gasteiger partial charge >= 0.3 is 0 Å². The van der Waals surface area contributed by atoms with Crippen LogP contribution in [0.1, 0.15) is 11.7 Å². The smallest absolute Gasteiger partial charge is 0.246 e. The Hall–Kier alpha value is -1.20. The minimum Gasteiger partial charge on any atom is -0.618 e. The summed E-state index contributed by atoms with van der Waals surface area (Å²) < 4.78 is 13.9. The zero-order valence-electron chi connectivity index (χ0n) is 7.66. The molecule has 0 spiro atoms. The summed E-state index contributed by atoms with van der Waals surface area (Å²) in [6.45, 7) is 2.19. The second-order valence-corrected chi connectivity index (χ2v) is 3.28. The molecule has 1 aliphatic heterocycles. The maximum Gasteiger partial charge on any atom is 0.246 e. The SMILES string of the molecule is [O-][n+]1cccc(F)c1C1CNCCN1. The van der Waals surface area contributed by atoms with E-state index in [1.807, 2.05) is 0 Å². The summed E-state index contributed by atoms with van der Waals surface area (Å²) in [4.78, 5) is 0. The highest BCUT2D eigenvalue weighted by atomic mass is 19.1. The Labute approximate surface area is 81.3 Å². The first kappa shape index (κ1) is 9.36. The molecule has 2 N–H and O–H groups in total. The standard InChI is InChI=1S/C9H12FN3O/c10-7-2-1-5-13(14)9(7)8-6-11-3-4-12-8/h1-2,5,8,11-12H,3-4,6H2. The molecule has 1 unspecified atom stereocenters. The molecule has 2 rings (SSSR count). The van der Waals surface area contributed by atoms with E-state index >= 15 is 0 Å². The van der Waals surface area contributed by atoms with E-state index in [1.54, 1.807) is 0 Å². The van der Waals surface area contributed by atoms with Crippen molar-refractivity contribution in [2.75, 3.05) is 19.6 Å². The third-order valence-corrected chi connectivity index (χ3v) is 2.32. The number of piperazine rings is 1. The van der Waals surface area contributed by atoms with E-state index in [9.17, 15) is 9.60 Å². The number of halogens is 1. The third kappa shape index (κ3) is 1.69. The first-order valence-electron chi connectivity index (χ1n) is 4.60. The third-order valence-electron chi connectivity index (χ3n) is 2.32. The zero-order valence-corrected chi connectivity index (χ0v) is 7.66. The molecule has 2 heterocycles. The first-order valence-corrected chi connectivity index (χ1v) is 4.60.